The fraction of sp³-hybridized carbons (Fsp3) is 0.158. The van der Waals surface area contributed by atoms with Crippen LogP contribution >= 0.6 is 0 Å². The van der Waals surface area contributed by atoms with Gasteiger partial charge in [-0.1, -0.05) is 54.6 Å². The van der Waals surface area contributed by atoms with E-state index in [1.165, 1.54) is 5.39 Å². The van der Waals surface area contributed by atoms with E-state index >= 15 is 0 Å². The van der Waals surface area contributed by atoms with E-state index in [0.29, 0.717) is 5.56 Å². The Morgan fingerprint density at radius 2 is 1.32 bits per heavy atom. The Kier molecular flexibility index (Phi) is 3.01. The number of aliphatic hydroxyl groups excluding tert-OH is 3. The first-order valence-electron chi connectivity index (χ1n) is 7.34. The van der Waals surface area contributed by atoms with Gasteiger partial charge in [0.1, 0.15) is 12.2 Å². The highest BCUT2D eigenvalue weighted by atomic mass is 16.4. The van der Waals surface area contributed by atoms with Gasteiger partial charge >= 0.3 is 0 Å². The minimum Gasteiger partial charge on any atom is -0.394 e. The fourth-order valence-corrected chi connectivity index (χ4v) is 3.32. The van der Waals surface area contributed by atoms with E-state index in [2.05, 4.69) is 24.3 Å². The van der Waals surface area contributed by atoms with E-state index in [-0.39, 0.29) is 0 Å². The van der Waals surface area contributed by atoms with Crippen molar-refractivity contribution < 1.29 is 15.3 Å². The third kappa shape index (κ3) is 1.80. The van der Waals surface area contributed by atoms with Crippen LogP contribution in [0.3, 0.4) is 0 Å². The molecule has 4 aromatic carbocycles. The summed E-state index contributed by atoms with van der Waals surface area (Å²) in [6, 6.07) is 18.2. The molecule has 3 N–H and O–H groups in total. The lowest BCUT2D eigenvalue weighted by Crippen LogP contribution is -2.22. The predicted molar refractivity (Wildman–Crippen MR) is 88.2 cm³/mol. The van der Waals surface area contributed by atoms with E-state index in [4.69, 9.17) is 5.11 Å². The highest BCUT2D eigenvalue weighted by Gasteiger charge is 2.21. The molecule has 0 amide bonds. The summed E-state index contributed by atoms with van der Waals surface area (Å²) >= 11 is 0. The lowest BCUT2D eigenvalue weighted by molar-refractivity contribution is -0.0145. The molecule has 0 bridgehead atoms. The number of hydrogen-bond acceptors (Lipinski definition) is 3. The minimum absolute atomic E-state index is 0.469. The monoisotopic (exact) mass is 292 g/mol. The lowest BCUT2D eigenvalue weighted by atomic mass is 9.89. The summed E-state index contributed by atoms with van der Waals surface area (Å²) in [6.45, 7) is -0.469. The molecule has 22 heavy (non-hydrogen) atoms. The molecule has 0 aliphatic carbocycles. The summed E-state index contributed by atoms with van der Waals surface area (Å²) in [5, 5.41) is 35.8. The minimum atomic E-state index is -1.18. The van der Waals surface area contributed by atoms with Crippen LogP contribution in [0.25, 0.3) is 32.3 Å². The zero-order chi connectivity index (χ0) is 15.3. The maximum atomic E-state index is 10.3. The third-order valence-electron chi connectivity index (χ3n) is 4.43. The number of benzene rings is 4. The van der Waals surface area contributed by atoms with Gasteiger partial charge in [0, 0.05) is 0 Å². The SMILES string of the molecule is OCC(O)C(O)c1ccc2ccc3cccc4ccc1c2c34. The number of rotatable bonds is 3. The largest absolute Gasteiger partial charge is 0.394 e. The second-order valence-corrected chi connectivity index (χ2v) is 5.71. The first-order chi connectivity index (χ1) is 10.7. The van der Waals surface area contributed by atoms with Crippen LogP contribution in [-0.2, 0) is 0 Å². The Hall–Kier alpha value is -2.20. The van der Waals surface area contributed by atoms with Crippen molar-refractivity contribution in [1.82, 2.24) is 0 Å². The zero-order valence-corrected chi connectivity index (χ0v) is 11.9. The van der Waals surface area contributed by atoms with E-state index < -0.39 is 18.8 Å². The quantitative estimate of drug-likeness (QED) is 0.509. The van der Waals surface area contributed by atoms with Gasteiger partial charge in [0.15, 0.2) is 0 Å². The van der Waals surface area contributed by atoms with Crippen molar-refractivity contribution in [1.29, 1.82) is 0 Å². The van der Waals surface area contributed by atoms with Crippen molar-refractivity contribution in [3.8, 4) is 0 Å². The molecule has 4 rings (SSSR count). The molecular formula is C19H16O3. The average Bonchev–Trinajstić information content (AvgIpc) is 2.58. The van der Waals surface area contributed by atoms with Crippen LogP contribution in [0.15, 0.2) is 54.6 Å². The molecule has 0 aliphatic rings. The van der Waals surface area contributed by atoms with Gasteiger partial charge in [-0.3, -0.25) is 0 Å². The molecule has 0 radical (unpaired) electrons. The van der Waals surface area contributed by atoms with Crippen LogP contribution in [-0.4, -0.2) is 28.0 Å². The standard InChI is InChI=1S/C19H16O3/c20-10-16(21)19(22)15-9-7-13-5-4-11-2-1-3-12-6-8-14(15)18(13)17(11)12/h1-9,16,19-22H,10H2. The van der Waals surface area contributed by atoms with Crippen molar-refractivity contribution in [3.63, 3.8) is 0 Å². The van der Waals surface area contributed by atoms with Crippen molar-refractivity contribution >= 4 is 32.3 Å². The lowest BCUT2D eigenvalue weighted by Gasteiger charge is -2.20. The topological polar surface area (TPSA) is 60.7 Å². The molecule has 2 atom stereocenters. The van der Waals surface area contributed by atoms with Crippen molar-refractivity contribution in [2.24, 2.45) is 0 Å². The normalized spacial score (nSPS) is 14.9. The van der Waals surface area contributed by atoms with Gasteiger partial charge in [-0.25, -0.2) is 0 Å². The van der Waals surface area contributed by atoms with Gasteiger partial charge in [0.2, 0.25) is 0 Å². The first kappa shape index (κ1) is 13.5. The number of hydrogen-bond donors (Lipinski definition) is 3. The Bertz CT molecular complexity index is 945. The van der Waals surface area contributed by atoms with E-state index in [1.54, 1.807) is 0 Å². The summed E-state index contributed by atoms with van der Waals surface area (Å²) < 4.78 is 0. The maximum Gasteiger partial charge on any atom is 0.108 e. The van der Waals surface area contributed by atoms with Crippen LogP contribution in [0.4, 0.5) is 0 Å². The molecular weight excluding hydrogens is 276 g/mol. The summed E-state index contributed by atoms with van der Waals surface area (Å²) in [6.07, 6.45) is -2.28. The van der Waals surface area contributed by atoms with Gasteiger partial charge in [-0.15, -0.1) is 0 Å². The molecule has 0 aliphatic heterocycles. The van der Waals surface area contributed by atoms with Gasteiger partial charge in [-0.2, -0.15) is 0 Å². The Balaban J connectivity index is 2.12. The van der Waals surface area contributed by atoms with Crippen LogP contribution in [0.5, 0.6) is 0 Å². The van der Waals surface area contributed by atoms with Gasteiger partial charge in [0.25, 0.3) is 0 Å². The third-order valence-corrected chi connectivity index (χ3v) is 4.43. The second kappa shape index (κ2) is 4.92. The molecule has 2 unspecified atom stereocenters. The Labute approximate surface area is 127 Å². The highest BCUT2D eigenvalue weighted by molar-refractivity contribution is 6.23. The van der Waals surface area contributed by atoms with Gasteiger partial charge in [0.05, 0.1) is 6.61 Å². The molecule has 3 nitrogen and oxygen atoms in total. The van der Waals surface area contributed by atoms with Crippen molar-refractivity contribution in [3.05, 3.63) is 60.2 Å². The zero-order valence-electron chi connectivity index (χ0n) is 11.9. The van der Waals surface area contributed by atoms with Crippen molar-refractivity contribution in [2.75, 3.05) is 6.61 Å². The summed E-state index contributed by atoms with van der Waals surface area (Å²) in [7, 11) is 0. The van der Waals surface area contributed by atoms with E-state index in [9.17, 15) is 10.2 Å². The van der Waals surface area contributed by atoms with E-state index in [1.807, 2.05) is 30.3 Å². The molecule has 0 fully saturated rings. The van der Waals surface area contributed by atoms with Crippen molar-refractivity contribution in [2.45, 2.75) is 12.2 Å². The molecule has 0 heterocycles. The molecule has 110 valence electrons. The summed E-state index contributed by atoms with van der Waals surface area (Å²) in [5.41, 5.74) is 0.646. The second-order valence-electron chi connectivity index (χ2n) is 5.71. The molecule has 0 saturated carbocycles. The predicted octanol–water partition coefficient (Wildman–Crippen LogP) is 2.97. The molecule has 0 saturated heterocycles. The molecule has 3 heteroatoms. The van der Waals surface area contributed by atoms with E-state index in [0.717, 1.165) is 26.9 Å². The van der Waals surface area contributed by atoms with Crippen LogP contribution < -0.4 is 0 Å². The van der Waals surface area contributed by atoms with Gasteiger partial charge in [-0.05, 0) is 37.9 Å². The van der Waals surface area contributed by atoms with Crippen LogP contribution in [0.1, 0.15) is 11.7 Å². The summed E-state index contributed by atoms with van der Waals surface area (Å²) in [5.74, 6) is 0. The summed E-state index contributed by atoms with van der Waals surface area (Å²) in [4.78, 5) is 0. The number of aliphatic hydroxyl groups is 3. The molecule has 4 aromatic rings. The van der Waals surface area contributed by atoms with Crippen LogP contribution in [0.2, 0.25) is 0 Å². The van der Waals surface area contributed by atoms with Crippen LogP contribution in [0, 0.1) is 0 Å². The Morgan fingerprint density at radius 3 is 2.00 bits per heavy atom. The Morgan fingerprint density at radius 1 is 0.727 bits per heavy atom. The maximum absolute atomic E-state index is 10.3. The molecule has 0 aromatic heterocycles. The average molecular weight is 292 g/mol. The fourth-order valence-electron chi connectivity index (χ4n) is 3.32. The smallest absolute Gasteiger partial charge is 0.108 e. The van der Waals surface area contributed by atoms with Gasteiger partial charge < -0.3 is 15.3 Å². The molecule has 0 spiro atoms. The first-order valence-corrected chi connectivity index (χ1v) is 7.34. The highest BCUT2D eigenvalue weighted by Crippen LogP contribution is 2.37.